The third-order valence-electron chi connectivity index (χ3n) is 1.65. The molecule has 0 radical (unpaired) electrons. The molecular weight excluding hydrogens is 126 g/mol. The normalized spacial score (nSPS) is 20.7. The second-order valence-corrected chi connectivity index (χ2v) is 2.40. The second-order valence-electron chi connectivity index (χ2n) is 2.40. The summed E-state index contributed by atoms with van der Waals surface area (Å²) in [7, 11) is 1.31. The first-order valence-electron chi connectivity index (χ1n) is 4.15. The van der Waals surface area contributed by atoms with Gasteiger partial charge in [0.25, 0.3) is 0 Å². The van der Waals surface area contributed by atoms with Crippen molar-refractivity contribution in [2.45, 2.75) is 44.7 Å². The molecule has 0 atom stereocenters. The lowest BCUT2D eigenvalue weighted by atomic mass is 9.97. The van der Waals surface area contributed by atoms with Gasteiger partial charge in [-0.2, -0.15) is 0 Å². The quantitative estimate of drug-likeness (QED) is 0.498. The summed E-state index contributed by atoms with van der Waals surface area (Å²) in [4.78, 5) is 0. The zero-order valence-corrected chi connectivity index (χ0v) is 8.69. The van der Waals surface area contributed by atoms with Gasteiger partial charge >= 0.3 is 0 Å². The third kappa shape index (κ3) is 4.67. The molecule has 0 heterocycles. The topological polar surface area (TPSA) is 26.0 Å². The fourth-order valence-corrected chi connectivity index (χ4v) is 1.13. The first-order valence-corrected chi connectivity index (χ1v) is 6.15. The van der Waals surface area contributed by atoms with Gasteiger partial charge in [0.1, 0.15) is 0 Å². The van der Waals surface area contributed by atoms with E-state index in [0.29, 0.717) is 6.04 Å². The molecule has 0 spiro atoms. The lowest BCUT2D eigenvalue weighted by molar-refractivity contribution is 0.441. The van der Waals surface area contributed by atoms with E-state index in [1.165, 1.54) is 42.3 Å². The Morgan fingerprint density at radius 3 is 1.78 bits per heavy atom. The van der Waals surface area contributed by atoms with Crippen molar-refractivity contribution in [2.24, 2.45) is 5.73 Å². The Hall–Kier alpha value is 0.177. The van der Waals surface area contributed by atoms with Crippen molar-refractivity contribution >= 4 is 10.2 Å². The molecule has 0 aromatic rings. The molecule has 1 rings (SSSR count). The van der Waals surface area contributed by atoms with Crippen LogP contribution in [-0.2, 0) is 0 Å². The van der Waals surface area contributed by atoms with Gasteiger partial charge in [-0.3, -0.25) is 0 Å². The van der Waals surface area contributed by atoms with E-state index in [-0.39, 0.29) is 0 Å². The molecule has 0 aliphatic heterocycles. The van der Waals surface area contributed by atoms with Gasteiger partial charge in [-0.15, -0.1) is 0 Å². The van der Waals surface area contributed by atoms with Gasteiger partial charge in [0.2, 0.25) is 0 Å². The van der Waals surface area contributed by atoms with Crippen LogP contribution in [0.1, 0.15) is 32.1 Å². The summed E-state index contributed by atoms with van der Waals surface area (Å²) in [6, 6.07) is 0.536. The smallest absolute Gasteiger partial charge is 0.00388 e. The van der Waals surface area contributed by atoms with Crippen LogP contribution in [0.2, 0.25) is 6.55 Å². The zero-order valence-electron chi connectivity index (χ0n) is 6.69. The molecule has 0 unspecified atom stereocenters. The van der Waals surface area contributed by atoms with Crippen molar-refractivity contribution in [3.63, 3.8) is 0 Å². The summed E-state index contributed by atoms with van der Waals surface area (Å²) < 4.78 is 0. The van der Waals surface area contributed by atoms with Crippen LogP contribution in [0, 0.1) is 0 Å². The van der Waals surface area contributed by atoms with Gasteiger partial charge in [-0.05, 0) is 23.1 Å². The second kappa shape index (κ2) is 6.30. The molecule has 2 heteroatoms. The van der Waals surface area contributed by atoms with E-state index in [4.69, 9.17) is 5.73 Å². The van der Waals surface area contributed by atoms with Crippen molar-refractivity contribution in [2.75, 3.05) is 0 Å². The summed E-state index contributed by atoms with van der Waals surface area (Å²) >= 11 is 0. The summed E-state index contributed by atoms with van der Waals surface area (Å²) in [6.45, 7) is 2.14. The van der Waals surface area contributed by atoms with E-state index in [9.17, 15) is 0 Å². The SMILES string of the molecule is C[SiH3].NC1CCCCC1. The third-order valence-corrected chi connectivity index (χ3v) is 1.65. The number of hydrogen-bond acceptors (Lipinski definition) is 1. The highest BCUT2D eigenvalue weighted by Crippen LogP contribution is 2.14. The van der Waals surface area contributed by atoms with E-state index >= 15 is 0 Å². The minimum absolute atomic E-state index is 0.536. The Balaban J connectivity index is 0.000000291. The summed E-state index contributed by atoms with van der Waals surface area (Å²) in [5, 5.41) is 0. The van der Waals surface area contributed by atoms with Crippen molar-refractivity contribution in [1.29, 1.82) is 0 Å². The van der Waals surface area contributed by atoms with Crippen LogP contribution in [0.25, 0.3) is 0 Å². The maximum absolute atomic E-state index is 5.63. The molecule has 0 amide bonds. The molecule has 0 aromatic heterocycles. The molecule has 9 heavy (non-hydrogen) atoms. The van der Waals surface area contributed by atoms with Crippen LogP contribution in [0.5, 0.6) is 0 Å². The molecular formula is C7H19NSi. The maximum Gasteiger partial charge on any atom is 0.00388 e. The van der Waals surface area contributed by atoms with Crippen molar-refractivity contribution < 1.29 is 0 Å². The maximum atomic E-state index is 5.63. The van der Waals surface area contributed by atoms with Crippen molar-refractivity contribution in [1.82, 2.24) is 0 Å². The predicted molar refractivity (Wildman–Crippen MR) is 46.9 cm³/mol. The number of hydrogen-bond donors (Lipinski definition) is 1. The average molecular weight is 145 g/mol. The molecule has 0 aromatic carbocycles. The molecule has 0 saturated heterocycles. The molecule has 1 saturated carbocycles. The minimum Gasteiger partial charge on any atom is -0.328 e. The van der Waals surface area contributed by atoms with Gasteiger partial charge < -0.3 is 5.73 Å². The Kier molecular flexibility index (Phi) is 6.42. The largest absolute Gasteiger partial charge is 0.328 e. The van der Waals surface area contributed by atoms with Gasteiger partial charge in [-0.25, -0.2) is 0 Å². The van der Waals surface area contributed by atoms with E-state index < -0.39 is 0 Å². The minimum atomic E-state index is 0.536. The highest BCUT2D eigenvalue weighted by Gasteiger charge is 2.06. The van der Waals surface area contributed by atoms with Gasteiger partial charge in [0.05, 0.1) is 0 Å². The number of rotatable bonds is 0. The van der Waals surface area contributed by atoms with Crippen LogP contribution in [0.3, 0.4) is 0 Å². The summed E-state index contributed by atoms with van der Waals surface area (Å²) in [6.07, 6.45) is 6.66. The van der Waals surface area contributed by atoms with Gasteiger partial charge in [0, 0.05) is 6.04 Å². The van der Waals surface area contributed by atoms with Crippen LogP contribution in [-0.4, -0.2) is 16.3 Å². The molecule has 56 valence electrons. The Labute approximate surface area is 61.4 Å². The molecule has 0 bridgehead atoms. The Bertz CT molecular complexity index is 50.9. The Morgan fingerprint density at radius 2 is 1.56 bits per heavy atom. The van der Waals surface area contributed by atoms with Crippen LogP contribution < -0.4 is 5.73 Å². The zero-order chi connectivity index (χ0) is 7.11. The molecule has 1 aliphatic rings. The van der Waals surface area contributed by atoms with E-state index in [1.54, 1.807) is 0 Å². The average Bonchev–Trinajstić information content (AvgIpc) is 1.94. The van der Waals surface area contributed by atoms with Crippen LogP contribution >= 0.6 is 0 Å². The highest BCUT2D eigenvalue weighted by atomic mass is 28.1. The number of nitrogens with two attached hydrogens (primary N) is 1. The lowest BCUT2D eigenvalue weighted by Crippen LogP contribution is -2.22. The standard InChI is InChI=1S/C6H13N.CH6Si/c7-6-4-2-1-3-5-6;1-2/h6H,1-5,7H2;1-2H3. The van der Waals surface area contributed by atoms with Crippen molar-refractivity contribution in [3.8, 4) is 0 Å². The fourth-order valence-electron chi connectivity index (χ4n) is 1.13. The van der Waals surface area contributed by atoms with Gasteiger partial charge in [0.15, 0.2) is 0 Å². The fraction of sp³-hybridized carbons (Fsp3) is 1.00. The van der Waals surface area contributed by atoms with Crippen LogP contribution in [0.15, 0.2) is 0 Å². The lowest BCUT2D eigenvalue weighted by Gasteiger charge is -2.15. The molecule has 1 aliphatic carbocycles. The van der Waals surface area contributed by atoms with Crippen LogP contribution in [0.4, 0.5) is 0 Å². The molecule has 1 nitrogen and oxygen atoms in total. The monoisotopic (exact) mass is 145 g/mol. The van der Waals surface area contributed by atoms with Crippen molar-refractivity contribution in [3.05, 3.63) is 0 Å². The first kappa shape index (κ1) is 9.18. The summed E-state index contributed by atoms with van der Waals surface area (Å²) in [5.41, 5.74) is 5.63. The molecule has 1 fully saturated rings. The highest BCUT2D eigenvalue weighted by molar-refractivity contribution is 6.05. The Morgan fingerprint density at radius 1 is 1.11 bits per heavy atom. The van der Waals surface area contributed by atoms with Gasteiger partial charge in [-0.1, -0.05) is 25.8 Å². The van der Waals surface area contributed by atoms with E-state index in [1.807, 2.05) is 0 Å². The predicted octanol–water partition coefficient (Wildman–Crippen LogP) is 0.678. The van der Waals surface area contributed by atoms with E-state index in [2.05, 4.69) is 6.55 Å². The van der Waals surface area contributed by atoms with E-state index in [0.717, 1.165) is 0 Å². The first-order chi connectivity index (χ1) is 4.39. The summed E-state index contributed by atoms with van der Waals surface area (Å²) in [5.74, 6) is 0. The molecule has 2 N–H and O–H groups in total.